The van der Waals surface area contributed by atoms with Crippen LogP contribution in [0.4, 0.5) is 5.69 Å². The fraction of sp³-hybridized carbons (Fsp3) is 0.200. The van der Waals surface area contributed by atoms with Gasteiger partial charge in [-0.15, -0.1) is 0 Å². The average Bonchev–Trinajstić information content (AvgIpc) is 3.27. The highest BCUT2D eigenvalue weighted by atomic mass is 16.6. The molecule has 8 heteroatoms. The molecule has 0 spiro atoms. The highest BCUT2D eigenvalue weighted by Gasteiger charge is 2.16. The summed E-state index contributed by atoms with van der Waals surface area (Å²) in [6, 6.07) is 16.3. The molecule has 0 radical (unpaired) electrons. The number of hydrogen-bond donors (Lipinski definition) is 2. The molecule has 0 saturated heterocycles. The first-order chi connectivity index (χ1) is 15.9. The minimum Gasteiger partial charge on any atom is -0.457 e. The van der Waals surface area contributed by atoms with Gasteiger partial charge in [0.15, 0.2) is 0 Å². The van der Waals surface area contributed by atoms with Crippen LogP contribution in [0.2, 0.25) is 0 Å². The summed E-state index contributed by atoms with van der Waals surface area (Å²) in [5.41, 5.74) is 2.14. The lowest BCUT2D eigenvalue weighted by molar-refractivity contribution is -0.384. The second-order valence-electron chi connectivity index (χ2n) is 7.49. The standard InChI is InChI=1S/C25H25N3O5/c1-3-4-15-26-25(30)22(27-24(29)19-7-5-17(2)6-8-19)16-21-13-14-23(33-21)18-9-11-20(12-10-18)28(31)32/h5-14,16H,3-4,15H2,1-2H3,(H,26,30)(H,27,29). The second kappa shape index (κ2) is 10.9. The van der Waals surface area contributed by atoms with Gasteiger partial charge in [-0.3, -0.25) is 19.7 Å². The maximum Gasteiger partial charge on any atom is 0.269 e. The molecule has 2 amide bonds. The molecular weight excluding hydrogens is 422 g/mol. The highest BCUT2D eigenvalue weighted by molar-refractivity contribution is 6.05. The molecule has 0 bridgehead atoms. The minimum atomic E-state index is -0.472. The SMILES string of the molecule is CCCCNC(=O)C(=Cc1ccc(-c2ccc([N+](=O)[O-])cc2)o1)NC(=O)c1ccc(C)cc1. The smallest absolute Gasteiger partial charge is 0.269 e. The third-order valence-corrected chi connectivity index (χ3v) is 4.90. The first kappa shape index (κ1) is 23.5. The zero-order valence-corrected chi connectivity index (χ0v) is 18.5. The van der Waals surface area contributed by atoms with Crippen LogP contribution in [0.5, 0.6) is 0 Å². The summed E-state index contributed by atoms with van der Waals surface area (Å²) in [6.07, 6.45) is 3.20. The number of nitro groups is 1. The monoisotopic (exact) mass is 447 g/mol. The van der Waals surface area contributed by atoms with Gasteiger partial charge >= 0.3 is 0 Å². The molecule has 3 aromatic rings. The van der Waals surface area contributed by atoms with Gasteiger partial charge in [0.25, 0.3) is 17.5 Å². The number of nitro benzene ring substituents is 1. The van der Waals surface area contributed by atoms with Crippen LogP contribution in [-0.2, 0) is 4.79 Å². The predicted molar refractivity (Wildman–Crippen MR) is 125 cm³/mol. The summed E-state index contributed by atoms with van der Waals surface area (Å²) < 4.78 is 5.80. The Kier molecular flexibility index (Phi) is 7.75. The summed E-state index contributed by atoms with van der Waals surface area (Å²) in [5.74, 6) is 0.00573. The zero-order chi connectivity index (χ0) is 23.8. The third kappa shape index (κ3) is 6.39. The number of nitrogens with zero attached hydrogens (tertiary/aromatic N) is 1. The minimum absolute atomic E-state index is 0.0183. The number of aryl methyl sites for hydroxylation is 1. The normalized spacial score (nSPS) is 11.2. The summed E-state index contributed by atoms with van der Waals surface area (Å²) in [5, 5.41) is 16.3. The van der Waals surface area contributed by atoms with Crippen LogP contribution in [0.3, 0.4) is 0 Å². The molecule has 0 unspecified atom stereocenters. The molecule has 1 heterocycles. The lowest BCUT2D eigenvalue weighted by Gasteiger charge is -2.10. The lowest BCUT2D eigenvalue weighted by atomic mass is 10.1. The summed E-state index contributed by atoms with van der Waals surface area (Å²) in [6.45, 7) is 4.43. The molecule has 170 valence electrons. The molecular formula is C25H25N3O5. The number of benzene rings is 2. The van der Waals surface area contributed by atoms with E-state index in [-0.39, 0.29) is 11.4 Å². The van der Waals surface area contributed by atoms with Gasteiger partial charge in [0.2, 0.25) is 0 Å². The molecule has 33 heavy (non-hydrogen) atoms. The molecule has 8 nitrogen and oxygen atoms in total. The van der Waals surface area contributed by atoms with Crippen molar-refractivity contribution in [1.82, 2.24) is 10.6 Å². The Balaban J connectivity index is 1.84. The Morgan fingerprint density at radius 3 is 2.36 bits per heavy atom. The Morgan fingerprint density at radius 2 is 1.73 bits per heavy atom. The van der Waals surface area contributed by atoms with Gasteiger partial charge in [0.1, 0.15) is 17.2 Å². The molecule has 3 rings (SSSR count). The van der Waals surface area contributed by atoms with E-state index in [9.17, 15) is 19.7 Å². The van der Waals surface area contributed by atoms with E-state index in [2.05, 4.69) is 10.6 Å². The van der Waals surface area contributed by atoms with Gasteiger partial charge in [0.05, 0.1) is 4.92 Å². The molecule has 0 aliphatic heterocycles. The average molecular weight is 447 g/mol. The Labute approximate surface area is 191 Å². The van der Waals surface area contributed by atoms with Crippen molar-refractivity contribution < 1.29 is 18.9 Å². The van der Waals surface area contributed by atoms with Crippen LogP contribution in [0.15, 0.2) is 70.8 Å². The van der Waals surface area contributed by atoms with Crippen LogP contribution < -0.4 is 10.6 Å². The quantitative estimate of drug-likeness (QED) is 0.211. The summed E-state index contributed by atoms with van der Waals surface area (Å²) in [4.78, 5) is 35.8. The number of unbranched alkanes of at least 4 members (excludes halogenated alkanes) is 1. The van der Waals surface area contributed by atoms with Gasteiger partial charge < -0.3 is 15.1 Å². The molecule has 2 aromatic carbocycles. The van der Waals surface area contributed by atoms with Crippen molar-refractivity contribution in [3.8, 4) is 11.3 Å². The second-order valence-corrected chi connectivity index (χ2v) is 7.49. The van der Waals surface area contributed by atoms with E-state index in [1.54, 1.807) is 36.4 Å². The van der Waals surface area contributed by atoms with Crippen molar-refractivity contribution in [2.75, 3.05) is 6.54 Å². The van der Waals surface area contributed by atoms with E-state index in [1.165, 1.54) is 18.2 Å². The van der Waals surface area contributed by atoms with Crippen molar-refractivity contribution in [3.05, 3.63) is 93.4 Å². The molecule has 0 fully saturated rings. The number of non-ortho nitro benzene ring substituents is 1. The molecule has 0 atom stereocenters. The number of carbonyl (C=O) groups is 2. The van der Waals surface area contributed by atoms with Crippen LogP contribution in [0, 0.1) is 17.0 Å². The fourth-order valence-corrected chi connectivity index (χ4v) is 3.01. The van der Waals surface area contributed by atoms with Crippen LogP contribution >= 0.6 is 0 Å². The van der Waals surface area contributed by atoms with E-state index >= 15 is 0 Å². The van der Waals surface area contributed by atoms with Gasteiger partial charge in [-0.2, -0.15) is 0 Å². The van der Waals surface area contributed by atoms with Gasteiger partial charge in [-0.05, 0) is 49.7 Å². The number of furan rings is 1. The fourth-order valence-electron chi connectivity index (χ4n) is 3.01. The topological polar surface area (TPSA) is 114 Å². The van der Waals surface area contributed by atoms with E-state index in [0.29, 0.717) is 29.2 Å². The lowest BCUT2D eigenvalue weighted by Crippen LogP contribution is -2.35. The molecule has 0 aliphatic rings. The molecule has 1 aromatic heterocycles. The predicted octanol–water partition coefficient (Wildman–Crippen LogP) is 4.85. The van der Waals surface area contributed by atoms with E-state index in [0.717, 1.165) is 18.4 Å². The number of hydrogen-bond acceptors (Lipinski definition) is 5. The van der Waals surface area contributed by atoms with Crippen molar-refractivity contribution in [1.29, 1.82) is 0 Å². The van der Waals surface area contributed by atoms with Crippen LogP contribution in [0.1, 0.15) is 41.4 Å². The van der Waals surface area contributed by atoms with Gasteiger partial charge in [0, 0.05) is 35.9 Å². The van der Waals surface area contributed by atoms with Crippen molar-refractivity contribution in [3.63, 3.8) is 0 Å². The van der Waals surface area contributed by atoms with Gasteiger partial charge in [-0.1, -0.05) is 31.0 Å². The number of amides is 2. The van der Waals surface area contributed by atoms with E-state index in [4.69, 9.17) is 4.42 Å². The van der Waals surface area contributed by atoms with Gasteiger partial charge in [-0.25, -0.2) is 0 Å². The first-order valence-electron chi connectivity index (χ1n) is 10.6. The third-order valence-electron chi connectivity index (χ3n) is 4.90. The largest absolute Gasteiger partial charge is 0.457 e. The molecule has 0 aliphatic carbocycles. The van der Waals surface area contributed by atoms with Crippen LogP contribution in [-0.4, -0.2) is 23.3 Å². The zero-order valence-electron chi connectivity index (χ0n) is 18.5. The van der Waals surface area contributed by atoms with Crippen molar-refractivity contribution >= 4 is 23.6 Å². The Bertz CT molecular complexity index is 1160. The Hall–Kier alpha value is -4.20. The highest BCUT2D eigenvalue weighted by Crippen LogP contribution is 2.25. The first-order valence-corrected chi connectivity index (χ1v) is 10.6. The van der Waals surface area contributed by atoms with E-state index < -0.39 is 16.7 Å². The van der Waals surface area contributed by atoms with E-state index in [1.807, 2.05) is 26.0 Å². The number of nitrogens with one attached hydrogen (secondary N) is 2. The maximum atomic E-state index is 12.7. The number of carbonyl (C=O) groups excluding carboxylic acids is 2. The van der Waals surface area contributed by atoms with Crippen molar-refractivity contribution in [2.45, 2.75) is 26.7 Å². The van der Waals surface area contributed by atoms with Crippen LogP contribution in [0.25, 0.3) is 17.4 Å². The van der Waals surface area contributed by atoms with Crippen molar-refractivity contribution in [2.24, 2.45) is 0 Å². The molecule has 2 N–H and O–H groups in total. The molecule has 0 saturated carbocycles. The Morgan fingerprint density at radius 1 is 1.03 bits per heavy atom. The summed E-state index contributed by atoms with van der Waals surface area (Å²) in [7, 11) is 0. The maximum absolute atomic E-state index is 12.7. The number of rotatable bonds is 9. The summed E-state index contributed by atoms with van der Waals surface area (Å²) >= 11 is 0.